The molecule has 1 N–H and O–H groups in total. The maximum Gasteiger partial charge on any atom is 0.138 e. The van der Waals surface area contributed by atoms with Gasteiger partial charge in [-0.15, -0.1) is 0 Å². The van der Waals surface area contributed by atoms with Gasteiger partial charge in [-0.2, -0.15) is 0 Å². The van der Waals surface area contributed by atoms with Crippen LogP contribution in [0.1, 0.15) is 23.0 Å². The van der Waals surface area contributed by atoms with Gasteiger partial charge in [-0.25, -0.2) is 0 Å². The van der Waals surface area contributed by atoms with Crippen LogP contribution in [0, 0.1) is 6.92 Å². The first kappa shape index (κ1) is 11.1. The maximum atomic E-state index is 10.3. The van der Waals surface area contributed by atoms with Crippen LogP contribution in [0.3, 0.4) is 0 Å². The van der Waals surface area contributed by atoms with Gasteiger partial charge in [0.25, 0.3) is 0 Å². The highest BCUT2D eigenvalue weighted by atomic mass is 16.4. The summed E-state index contributed by atoms with van der Waals surface area (Å²) in [4.78, 5) is 0. The number of hydrogen-bond acceptors (Lipinski definition) is 2. The van der Waals surface area contributed by atoms with Crippen molar-refractivity contribution in [2.45, 2.75) is 13.0 Å². The van der Waals surface area contributed by atoms with Crippen LogP contribution >= 0.6 is 0 Å². The van der Waals surface area contributed by atoms with Crippen LogP contribution in [-0.2, 0) is 0 Å². The van der Waals surface area contributed by atoms with Crippen LogP contribution in [0.15, 0.2) is 59.0 Å². The van der Waals surface area contributed by atoms with Gasteiger partial charge in [-0.1, -0.05) is 48.0 Å². The topological polar surface area (TPSA) is 33.4 Å². The van der Waals surface area contributed by atoms with E-state index in [1.807, 2.05) is 61.5 Å². The minimum absolute atomic E-state index is 0.585. The van der Waals surface area contributed by atoms with Crippen molar-refractivity contribution in [3.05, 3.63) is 71.5 Å². The monoisotopic (exact) mass is 238 g/mol. The molecule has 2 nitrogen and oxygen atoms in total. The zero-order valence-corrected chi connectivity index (χ0v) is 10.1. The summed E-state index contributed by atoms with van der Waals surface area (Å²) in [7, 11) is 0. The molecule has 1 heterocycles. The molecule has 0 spiro atoms. The predicted octanol–water partition coefficient (Wildman–Crippen LogP) is 3.82. The highest BCUT2D eigenvalue weighted by Crippen LogP contribution is 2.28. The second-order valence-corrected chi connectivity index (χ2v) is 4.50. The van der Waals surface area contributed by atoms with Gasteiger partial charge in [0.05, 0.1) is 0 Å². The lowest BCUT2D eigenvalue weighted by Crippen LogP contribution is -1.97. The Kier molecular flexibility index (Phi) is 2.65. The third-order valence-corrected chi connectivity index (χ3v) is 3.07. The fraction of sp³-hybridized carbons (Fsp3) is 0.125. The molecule has 0 saturated heterocycles. The number of rotatable bonds is 2. The molecule has 2 heteroatoms. The Morgan fingerprint density at radius 3 is 2.61 bits per heavy atom. The van der Waals surface area contributed by atoms with E-state index in [9.17, 15) is 5.11 Å². The molecule has 0 aliphatic rings. The summed E-state index contributed by atoms with van der Waals surface area (Å²) >= 11 is 0. The van der Waals surface area contributed by atoms with Gasteiger partial charge in [0.15, 0.2) is 0 Å². The van der Waals surface area contributed by atoms with E-state index >= 15 is 0 Å². The molecule has 1 aromatic heterocycles. The first-order valence-electron chi connectivity index (χ1n) is 5.97. The highest BCUT2D eigenvalue weighted by molar-refractivity contribution is 5.77. The molecule has 0 aliphatic heterocycles. The fourth-order valence-corrected chi connectivity index (χ4v) is 2.14. The second-order valence-electron chi connectivity index (χ2n) is 4.50. The van der Waals surface area contributed by atoms with Crippen molar-refractivity contribution in [3.8, 4) is 0 Å². The van der Waals surface area contributed by atoms with Crippen LogP contribution in [0.4, 0.5) is 0 Å². The van der Waals surface area contributed by atoms with Gasteiger partial charge in [-0.05, 0) is 24.6 Å². The smallest absolute Gasteiger partial charge is 0.138 e. The fourth-order valence-electron chi connectivity index (χ4n) is 2.14. The van der Waals surface area contributed by atoms with Crippen LogP contribution in [0.25, 0.3) is 11.0 Å². The van der Waals surface area contributed by atoms with Crippen molar-refractivity contribution < 1.29 is 9.52 Å². The van der Waals surface area contributed by atoms with E-state index in [1.165, 1.54) is 0 Å². The zero-order valence-electron chi connectivity index (χ0n) is 10.1. The van der Waals surface area contributed by atoms with Gasteiger partial charge in [0, 0.05) is 5.39 Å². The first-order chi connectivity index (χ1) is 8.74. The van der Waals surface area contributed by atoms with Crippen molar-refractivity contribution in [1.29, 1.82) is 0 Å². The number of furan rings is 1. The molecular formula is C16H14O2. The van der Waals surface area contributed by atoms with E-state index in [-0.39, 0.29) is 0 Å². The largest absolute Gasteiger partial charge is 0.458 e. The molecule has 0 radical (unpaired) electrons. The first-order valence-corrected chi connectivity index (χ1v) is 5.97. The average Bonchev–Trinajstić information content (AvgIpc) is 2.81. The highest BCUT2D eigenvalue weighted by Gasteiger charge is 2.15. The van der Waals surface area contributed by atoms with Crippen molar-refractivity contribution in [1.82, 2.24) is 0 Å². The van der Waals surface area contributed by atoms with Crippen LogP contribution in [0.2, 0.25) is 0 Å². The summed E-state index contributed by atoms with van der Waals surface area (Å²) in [6.07, 6.45) is -0.711. The molecule has 90 valence electrons. The van der Waals surface area contributed by atoms with Crippen LogP contribution < -0.4 is 0 Å². The lowest BCUT2D eigenvalue weighted by molar-refractivity contribution is 0.192. The third-order valence-electron chi connectivity index (χ3n) is 3.07. The van der Waals surface area contributed by atoms with Crippen molar-refractivity contribution in [3.63, 3.8) is 0 Å². The quantitative estimate of drug-likeness (QED) is 0.736. The van der Waals surface area contributed by atoms with E-state index < -0.39 is 6.10 Å². The van der Waals surface area contributed by atoms with E-state index in [0.717, 1.165) is 22.1 Å². The SMILES string of the molecule is Cc1cccc([C@H](O)c2cc3ccccc3o2)c1. The van der Waals surface area contributed by atoms with E-state index in [1.54, 1.807) is 0 Å². The number of aryl methyl sites for hydroxylation is 1. The molecule has 3 aromatic rings. The van der Waals surface area contributed by atoms with Gasteiger partial charge in [-0.3, -0.25) is 0 Å². The Bertz CT molecular complexity index is 649. The van der Waals surface area contributed by atoms with Crippen LogP contribution in [-0.4, -0.2) is 5.11 Å². The molecule has 0 bridgehead atoms. The number of aliphatic hydroxyl groups is 1. The number of benzene rings is 2. The summed E-state index contributed by atoms with van der Waals surface area (Å²) in [5.74, 6) is 0.585. The lowest BCUT2D eigenvalue weighted by Gasteiger charge is -2.08. The Morgan fingerprint density at radius 1 is 1.00 bits per heavy atom. The lowest BCUT2D eigenvalue weighted by atomic mass is 10.0. The summed E-state index contributed by atoms with van der Waals surface area (Å²) in [5.41, 5.74) is 2.79. The number of aliphatic hydroxyl groups excluding tert-OH is 1. The van der Waals surface area contributed by atoms with Gasteiger partial charge < -0.3 is 9.52 Å². The van der Waals surface area contributed by atoms with Crippen molar-refractivity contribution in [2.75, 3.05) is 0 Å². The molecular weight excluding hydrogens is 224 g/mol. The molecule has 18 heavy (non-hydrogen) atoms. The molecule has 0 saturated carbocycles. The van der Waals surface area contributed by atoms with Crippen molar-refractivity contribution >= 4 is 11.0 Å². The maximum absolute atomic E-state index is 10.3. The van der Waals surface area contributed by atoms with Gasteiger partial charge in [0.2, 0.25) is 0 Å². The second kappa shape index (κ2) is 4.31. The Morgan fingerprint density at radius 2 is 1.83 bits per heavy atom. The standard InChI is InChI=1S/C16H14O2/c1-11-5-4-7-13(9-11)16(17)15-10-12-6-2-3-8-14(12)18-15/h2-10,16-17H,1H3/t16-/m0/s1. The Balaban J connectivity index is 2.03. The third kappa shape index (κ3) is 1.91. The molecule has 0 aliphatic carbocycles. The van der Waals surface area contributed by atoms with Gasteiger partial charge in [0.1, 0.15) is 17.4 Å². The molecule has 0 unspecified atom stereocenters. The van der Waals surface area contributed by atoms with E-state index in [2.05, 4.69) is 0 Å². The number of fused-ring (bicyclic) bond motifs is 1. The number of hydrogen-bond donors (Lipinski definition) is 1. The molecule has 1 atom stereocenters. The van der Waals surface area contributed by atoms with E-state index in [0.29, 0.717) is 5.76 Å². The Hall–Kier alpha value is -2.06. The molecule has 2 aromatic carbocycles. The molecule has 3 rings (SSSR count). The summed E-state index contributed by atoms with van der Waals surface area (Å²) in [6.45, 7) is 2.01. The molecule has 0 amide bonds. The summed E-state index contributed by atoms with van der Waals surface area (Å²) in [5, 5.41) is 11.3. The average molecular weight is 238 g/mol. The summed E-state index contributed by atoms with van der Waals surface area (Å²) < 4.78 is 5.67. The Labute approximate surface area is 105 Å². The van der Waals surface area contributed by atoms with Crippen LogP contribution in [0.5, 0.6) is 0 Å². The van der Waals surface area contributed by atoms with Gasteiger partial charge >= 0.3 is 0 Å². The van der Waals surface area contributed by atoms with E-state index in [4.69, 9.17) is 4.42 Å². The predicted molar refractivity (Wildman–Crippen MR) is 71.5 cm³/mol. The summed E-state index contributed by atoms with van der Waals surface area (Å²) in [6, 6.07) is 17.5. The normalized spacial score (nSPS) is 12.8. The number of para-hydroxylation sites is 1. The zero-order chi connectivity index (χ0) is 12.5. The minimum atomic E-state index is -0.711. The minimum Gasteiger partial charge on any atom is -0.458 e. The van der Waals surface area contributed by atoms with Crippen molar-refractivity contribution in [2.24, 2.45) is 0 Å². The molecule has 0 fully saturated rings.